The highest BCUT2D eigenvalue weighted by atomic mass is 32.1. The molecule has 3 N–H and O–H groups in total. The number of hydrogen-bond donors (Lipinski definition) is 2. The number of rotatable bonds is 8. The average molecular weight is 422 g/mol. The van der Waals surface area contributed by atoms with E-state index in [0.717, 1.165) is 17.1 Å². The Morgan fingerprint density at radius 3 is 2.83 bits per heavy atom. The Morgan fingerprint density at radius 1 is 1.24 bits per heavy atom. The first kappa shape index (κ1) is 20.6. The molecule has 2 fully saturated rings. The van der Waals surface area contributed by atoms with E-state index in [9.17, 15) is 0 Å². The first-order valence-corrected chi connectivity index (χ1v) is 10.6. The van der Waals surface area contributed by atoms with Gasteiger partial charge in [0.1, 0.15) is 12.2 Å². The van der Waals surface area contributed by atoms with Crippen molar-refractivity contribution in [3.8, 4) is 11.4 Å². The van der Waals surface area contributed by atoms with E-state index >= 15 is 0 Å². The predicted octanol–water partition coefficient (Wildman–Crippen LogP) is 1.66. The monoisotopic (exact) mass is 421 g/mol. The van der Waals surface area contributed by atoms with Crippen molar-refractivity contribution in [1.82, 2.24) is 14.3 Å². The number of pyridine rings is 1. The minimum Gasteiger partial charge on any atom is -0.380 e. The third kappa shape index (κ3) is 4.90. The normalized spacial score (nSPS) is 28.2. The lowest BCUT2D eigenvalue weighted by atomic mass is 9.96. The van der Waals surface area contributed by atoms with Crippen molar-refractivity contribution in [2.24, 2.45) is 5.73 Å². The molecule has 0 amide bonds. The number of fused-ring (bicyclic) bond motifs is 1. The minimum atomic E-state index is -0.664. The second-order valence-corrected chi connectivity index (χ2v) is 8.29. The van der Waals surface area contributed by atoms with Crippen molar-refractivity contribution in [2.75, 3.05) is 31.7 Å². The number of aromatic nitrogens is 3. The first-order chi connectivity index (χ1) is 14.1. The summed E-state index contributed by atoms with van der Waals surface area (Å²) in [6, 6.07) is 3.69. The van der Waals surface area contributed by atoms with Gasteiger partial charge in [0, 0.05) is 42.6 Å². The summed E-state index contributed by atoms with van der Waals surface area (Å²) in [6.07, 6.45) is 3.78. The molecule has 29 heavy (non-hydrogen) atoms. The molecule has 0 bridgehead atoms. The fraction of sp³-hybridized carbons (Fsp3) is 0.632. The van der Waals surface area contributed by atoms with Crippen LogP contribution >= 0.6 is 11.5 Å². The second-order valence-electron chi connectivity index (χ2n) is 7.54. The molecule has 0 aromatic carbocycles. The van der Waals surface area contributed by atoms with Gasteiger partial charge in [-0.05, 0) is 32.4 Å². The van der Waals surface area contributed by atoms with Crippen LogP contribution in [0.3, 0.4) is 0 Å². The van der Waals surface area contributed by atoms with Gasteiger partial charge in [-0.3, -0.25) is 4.98 Å². The topological polar surface area (TPSA) is 114 Å². The Morgan fingerprint density at radius 2 is 2.03 bits per heavy atom. The molecule has 158 valence electrons. The van der Waals surface area contributed by atoms with Crippen LogP contribution in [-0.4, -0.2) is 70.8 Å². The van der Waals surface area contributed by atoms with Crippen LogP contribution in [0.5, 0.6) is 0 Å². The molecule has 10 heteroatoms. The molecule has 0 spiro atoms. The summed E-state index contributed by atoms with van der Waals surface area (Å²) in [6.45, 7) is 5.99. The van der Waals surface area contributed by atoms with Gasteiger partial charge >= 0.3 is 0 Å². The highest BCUT2D eigenvalue weighted by molar-refractivity contribution is 7.09. The lowest BCUT2D eigenvalue weighted by Gasteiger charge is -2.37. The molecule has 2 aromatic heterocycles. The Labute approximate surface area is 174 Å². The lowest BCUT2D eigenvalue weighted by Crippen LogP contribution is -2.54. The van der Waals surface area contributed by atoms with E-state index in [-0.39, 0.29) is 24.4 Å². The van der Waals surface area contributed by atoms with Crippen molar-refractivity contribution < 1.29 is 18.9 Å². The largest absolute Gasteiger partial charge is 0.380 e. The molecule has 0 aliphatic carbocycles. The zero-order valence-corrected chi connectivity index (χ0v) is 17.4. The Kier molecular flexibility index (Phi) is 6.38. The zero-order valence-electron chi connectivity index (χ0n) is 16.6. The Bertz CT molecular complexity index is 790. The highest BCUT2D eigenvalue weighted by Crippen LogP contribution is 2.37. The third-order valence-electron chi connectivity index (χ3n) is 4.90. The maximum Gasteiger partial charge on any atom is 0.203 e. The zero-order chi connectivity index (χ0) is 20.3. The van der Waals surface area contributed by atoms with E-state index < -0.39 is 5.79 Å². The quantitative estimate of drug-likeness (QED) is 0.614. The van der Waals surface area contributed by atoms with E-state index in [0.29, 0.717) is 32.2 Å². The van der Waals surface area contributed by atoms with E-state index in [1.165, 1.54) is 11.5 Å². The second kappa shape index (κ2) is 8.99. The number of ether oxygens (including phenoxy) is 4. The van der Waals surface area contributed by atoms with E-state index in [2.05, 4.69) is 19.7 Å². The molecule has 4 atom stereocenters. The number of nitrogens with one attached hydrogen (secondary N) is 1. The summed E-state index contributed by atoms with van der Waals surface area (Å²) in [5, 5.41) is 4.15. The maximum absolute atomic E-state index is 6.21. The van der Waals surface area contributed by atoms with Gasteiger partial charge in [0.15, 0.2) is 11.6 Å². The summed E-state index contributed by atoms with van der Waals surface area (Å²) >= 11 is 1.32. The van der Waals surface area contributed by atoms with Crippen LogP contribution in [0.1, 0.15) is 20.3 Å². The van der Waals surface area contributed by atoms with Crippen molar-refractivity contribution in [2.45, 2.75) is 50.4 Å². The van der Waals surface area contributed by atoms with Crippen molar-refractivity contribution in [3.05, 3.63) is 24.5 Å². The van der Waals surface area contributed by atoms with Crippen molar-refractivity contribution >= 4 is 16.7 Å². The van der Waals surface area contributed by atoms with E-state index in [1.54, 1.807) is 12.4 Å². The smallest absolute Gasteiger partial charge is 0.203 e. The van der Waals surface area contributed by atoms with Crippen LogP contribution in [0, 0.1) is 0 Å². The van der Waals surface area contributed by atoms with Crippen LogP contribution in [0.4, 0.5) is 5.13 Å². The number of nitrogens with two attached hydrogens (primary N) is 1. The molecular weight excluding hydrogens is 394 g/mol. The number of nitrogens with zero attached hydrogens (tertiary/aromatic N) is 3. The highest BCUT2D eigenvalue weighted by Gasteiger charge is 2.51. The van der Waals surface area contributed by atoms with Crippen LogP contribution < -0.4 is 11.1 Å². The molecule has 2 aromatic rings. The van der Waals surface area contributed by atoms with Crippen molar-refractivity contribution in [3.63, 3.8) is 0 Å². The molecule has 4 rings (SSSR count). The third-order valence-corrected chi connectivity index (χ3v) is 5.55. The molecule has 0 radical (unpaired) electrons. The SMILES string of the molecule is CC1(C)O[C@@H]2[C@@H](Nc3nc(-c4ccncc4)ns3)COC(CCOCCN)[C@@H]2O1. The summed E-state index contributed by atoms with van der Waals surface area (Å²) < 4.78 is 28.4. The number of anilines is 1. The van der Waals surface area contributed by atoms with Crippen LogP contribution in [0.15, 0.2) is 24.5 Å². The van der Waals surface area contributed by atoms with Crippen molar-refractivity contribution in [1.29, 1.82) is 0 Å². The molecule has 1 unspecified atom stereocenters. The van der Waals surface area contributed by atoms with Crippen LogP contribution in [0.25, 0.3) is 11.4 Å². The summed E-state index contributed by atoms with van der Waals surface area (Å²) in [4.78, 5) is 8.63. The maximum atomic E-state index is 6.21. The van der Waals surface area contributed by atoms with Gasteiger partial charge in [0.2, 0.25) is 5.13 Å². The average Bonchev–Trinajstić information content (AvgIpc) is 3.31. The lowest BCUT2D eigenvalue weighted by molar-refractivity contribution is -0.155. The Hall–Kier alpha value is -1.69. The standard InChI is InChI=1S/C19H27N5O4S/c1-19(2)27-15-13(11-26-14(16(15)28-19)5-9-25-10-6-20)22-18-23-17(24-29-18)12-3-7-21-8-4-12/h3-4,7-8,13-16H,5-6,9-11,20H2,1-2H3,(H,22,23,24)/t13-,14?,15+,16-/m0/s1. The van der Waals surface area contributed by atoms with Gasteiger partial charge in [0.05, 0.1) is 25.4 Å². The fourth-order valence-corrected chi connectivity index (χ4v) is 4.30. The van der Waals surface area contributed by atoms with Gasteiger partial charge in [0.25, 0.3) is 0 Å². The fourth-order valence-electron chi connectivity index (χ4n) is 3.65. The van der Waals surface area contributed by atoms with Gasteiger partial charge in [-0.2, -0.15) is 9.36 Å². The Balaban J connectivity index is 1.42. The molecule has 2 aliphatic heterocycles. The summed E-state index contributed by atoms with van der Waals surface area (Å²) in [5.41, 5.74) is 6.41. The molecule has 2 saturated heterocycles. The summed E-state index contributed by atoms with van der Waals surface area (Å²) in [5.74, 6) is 0.00914. The molecular formula is C19H27N5O4S. The van der Waals surface area contributed by atoms with Crippen LogP contribution in [0.2, 0.25) is 0 Å². The molecule has 2 aliphatic rings. The minimum absolute atomic E-state index is 0.0822. The van der Waals surface area contributed by atoms with E-state index in [1.807, 2.05) is 26.0 Å². The van der Waals surface area contributed by atoms with Gasteiger partial charge < -0.3 is 30.0 Å². The molecule has 0 saturated carbocycles. The molecule has 4 heterocycles. The van der Waals surface area contributed by atoms with E-state index in [4.69, 9.17) is 24.7 Å². The van der Waals surface area contributed by atoms with Gasteiger partial charge in [-0.25, -0.2) is 0 Å². The number of hydrogen-bond acceptors (Lipinski definition) is 10. The first-order valence-electron chi connectivity index (χ1n) is 9.81. The molecule has 9 nitrogen and oxygen atoms in total. The summed E-state index contributed by atoms with van der Waals surface area (Å²) in [7, 11) is 0. The van der Waals surface area contributed by atoms with Gasteiger partial charge in [-0.1, -0.05) is 0 Å². The predicted molar refractivity (Wildman–Crippen MR) is 109 cm³/mol. The van der Waals surface area contributed by atoms with Crippen LogP contribution in [-0.2, 0) is 18.9 Å². The van der Waals surface area contributed by atoms with Gasteiger partial charge in [-0.15, -0.1) is 0 Å².